The van der Waals surface area contributed by atoms with E-state index in [1.807, 2.05) is 0 Å². The van der Waals surface area contributed by atoms with E-state index in [1.54, 1.807) is 0 Å². The molecule has 0 fully saturated rings. The van der Waals surface area contributed by atoms with Gasteiger partial charge >= 0.3 is 0 Å². The molecule has 0 aromatic heterocycles. The minimum absolute atomic E-state index is 1.21. The Balaban J connectivity index is 1.30. The lowest BCUT2D eigenvalue weighted by Gasteiger charge is -2.18. The Bertz CT molecular complexity index is 2920. The molecule has 0 unspecified atom stereocenters. The Kier molecular flexibility index (Phi) is 7.25. The molecule has 0 saturated heterocycles. The predicted octanol–water partition coefficient (Wildman–Crippen LogP) is 14.6. The van der Waals surface area contributed by atoms with Crippen molar-refractivity contribution in [1.82, 2.24) is 0 Å². The first-order valence-electron chi connectivity index (χ1n) is 18.0. The maximum atomic E-state index is 2.45. The summed E-state index contributed by atoms with van der Waals surface area (Å²) in [7, 11) is 0. The van der Waals surface area contributed by atoms with Crippen LogP contribution in [0.5, 0.6) is 0 Å². The highest BCUT2D eigenvalue weighted by Gasteiger charge is 2.17. The molecule has 242 valence electrons. The van der Waals surface area contributed by atoms with Gasteiger partial charge < -0.3 is 0 Å². The lowest BCUT2D eigenvalue weighted by molar-refractivity contribution is 1.60. The molecule has 0 nitrogen and oxygen atoms in total. The first kappa shape index (κ1) is 30.1. The van der Waals surface area contributed by atoms with E-state index in [0.717, 1.165) is 0 Å². The van der Waals surface area contributed by atoms with Crippen molar-refractivity contribution in [3.63, 3.8) is 0 Å². The molecule has 0 aliphatic rings. The van der Waals surface area contributed by atoms with Gasteiger partial charge in [-0.05, 0) is 135 Å². The summed E-state index contributed by atoms with van der Waals surface area (Å²) in [5.41, 5.74) is 12.2. The van der Waals surface area contributed by atoms with E-state index >= 15 is 0 Å². The van der Waals surface area contributed by atoms with Crippen LogP contribution in [0.25, 0.3) is 98.7 Å². The summed E-state index contributed by atoms with van der Waals surface area (Å²) >= 11 is 0. The van der Waals surface area contributed by atoms with Crippen LogP contribution in [0.1, 0.15) is 0 Å². The molecule has 10 rings (SSSR count). The fourth-order valence-corrected chi connectivity index (χ4v) is 8.00. The summed E-state index contributed by atoms with van der Waals surface area (Å²) < 4.78 is 0. The maximum Gasteiger partial charge on any atom is -0.00923 e. The van der Waals surface area contributed by atoms with Crippen LogP contribution in [0.3, 0.4) is 0 Å². The van der Waals surface area contributed by atoms with Gasteiger partial charge in [0.1, 0.15) is 0 Å². The minimum Gasteiger partial charge on any atom is -0.0622 e. The van der Waals surface area contributed by atoms with E-state index in [9.17, 15) is 0 Å². The predicted molar refractivity (Wildman–Crippen MR) is 224 cm³/mol. The Morgan fingerprint density at radius 3 is 1.12 bits per heavy atom. The van der Waals surface area contributed by atoms with Crippen molar-refractivity contribution in [2.75, 3.05) is 0 Å². The van der Waals surface area contributed by atoms with Crippen LogP contribution < -0.4 is 0 Å². The Morgan fingerprint density at radius 1 is 0.173 bits per heavy atom. The third-order valence-corrected chi connectivity index (χ3v) is 10.6. The third kappa shape index (κ3) is 5.25. The van der Waals surface area contributed by atoms with Crippen LogP contribution in [-0.4, -0.2) is 0 Å². The van der Waals surface area contributed by atoms with Crippen molar-refractivity contribution >= 4 is 43.1 Å². The molecule has 0 spiro atoms. The van der Waals surface area contributed by atoms with Gasteiger partial charge in [0.15, 0.2) is 0 Å². The van der Waals surface area contributed by atoms with Gasteiger partial charge in [0.05, 0.1) is 0 Å². The first-order chi connectivity index (χ1) is 25.8. The SMILES string of the molecule is c1ccc(-c2cccc(-c3cc4c5ccc(-c6ccccc6)cc5c(-c5ccc6ccccc6c5)cc4c4ccc(-c5ccccc5)cc34)c2)cc1. The lowest BCUT2D eigenvalue weighted by atomic mass is 9.85. The van der Waals surface area contributed by atoms with Gasteiger partial charge in [-0.1, -0.05) is 170 Å². The summed E-state index contributed by atoms with van der Waals surface area (Å²) in [6.07, 6.45) is 0. The van der Waals surface area contributed by atoms with Gasteiger partial charge in [-0.2, -0.15) is 0 Å². The molecule has 52 heavy (non-hydrogen) atoms. The van der Waals surface area contributed by atoms with Crippen molar-refractivity contribution in [2.24, 2.45) is 0 Å². The molecule has 0 amide bonds. The van der Waals surface area contributed by atoms with E-state index in [2.05, 4.69) is 206 Å². The standard InChI is InChI=1S/C52H34/c1-4-13-35(14-5-1)40-21-12-22-43(29-40)47-33-51-46-28-26-42(37-17-8-3-9-18-37)32-50(46)48(44-24-23-38-19-10-11-20-39(38)30-44)34-52(51)45-27-25-41(31-49(45)47)36-15-6-2-7-16-36/h1-34H. The molecule has 10 aromatic rings. The Hall–Kier alpha value is -6.76. The zero-order valence-corrected chi connectivity index (χ0v) is 28.6. The van der Waals surface area contributed by atoms with Crippen molar-refractivity contribution in [1.29, 1.82) is 0 Å². The molecule has 0 aliphatic carbocycles. The van der Waals surface area contributed by atoms with Gasteiger partial charge in [-0.25, -0.2) is 0 Å². The van der Waals surface area contributed by atoms with Crippen molar-refractivity contribution in [3.05, 3.63) is 206 Å². The Labute approximate surface area is 303 Å². The monoisotopic (exact) mass is 658 g/mol. The maximum absolute atomic E-state index is 2.45. The summed E-state index contributed by atoms with van der Waals surface area (Å²) in [6, 6.07) is 75.7. The van der Waals surface area contributed by atoms with Crippen molar-refractivity contribution in [3.8, 4) is 55.6 Å². The average molecular weight is 659 g/mol. The normalized spacial score (nSPS) is 11.5. The van der Waals surface area contributed by atoms with Gasteiger partial charge in [-0.15, -0.1) is 0 Å². The molecule has 0 bridgehead atoms. The van der Waals surface area contributed by atoms with Crippen LogP contribution in [0.4, 0.5) is 0 Å². The molecule has 0 heteroatoms. The number of rotatable bonds is 5. The topological polar surface area (TPSA) is 0 Å². The van der Waals surface area contributed by atoms with Crippen molar-refractivity contribution in [2.45, 2.75) is 0 Å². The number of hydrogen-bond donors (Lipinski definition) is 0. The van der Waals surface area contributed by atoms with Gasteiger partial charge in [-0.3, -0.25) is 0 Å². The zero-order chi connectivity index (χ0) is 34.4. The van der Waals surface area contributed by atoms with E-state index in [4.69, 9.17) is 0 Å². The van der Waals surface area contributed by atoms with Gasteiger partial charge in [0, 0.05) is 0 Å². The smallest absolute Gasteiger partial charge is 0.00923 e. The van der Waals surface area contributed by atoms with Gasteiger partial charge in [0.25, 0.3) is 0 Å². The second-order valence-electron chi connectivity index (χ2n) is 13.7. The van der Waals surface area contributed by atoms with E-state index < -0.39 is 0 Å². The van der Waals surface area contributed by atoms with Crippen LogP contribution in [0, 0.1) is 0 Å². The molecular weight excluding hydrogens is 625 g/mol. The molecule has 0 heterocycles. The van der Waals surface area contributed by atoms with Crippen LogP contribution in [0.15, 0.2) is 206 Å². The quantitative estimate of drug-likeness (QED) is 0.161. The molecule has 0 saturated carbocycles. The largest absolute Gasteiger partial charge is 0.0622 e. The average Bonchev–Trinajstić information content (AvgIpc) is 3.23. The summed E-state index contributed by atoms with van der Waals surface area (Å²) in [6.45, 7) is 0. The van der Waals surface area contributed by atoms with E-state index in [0.29, 0.717) is 0 Å². The molecule has 0 atom stereocenters. The van der Waals surface area contributed by atoms with Gasteiger partial charge in [0.2, 0.25) is 0 Å². The highest BCUT2D eigenvalue weighted by Crippen LogP contribution is 2.44. The molecule has 0 N–H and O–H groups in total. The fraction of sp³-hybridized carbons (Fsp3) is 0. The fourth-order valence-electron chi connectivity index (χ4n) is 8.00. The molecule has 10 aromatic carbocycles. The Morgan fingerprint density at radius 2 is 0.577 bits per heavy atom. The highest BCUT2D eigenvalue weighted by atomic mass is 14.2. The molecule has 0 radical (unpaired) electrons. The van der Waals surface area contributed by atoms with Crippen LogP contribution in [0.2, 0.25) is 0 Å². The number of hydrogen-bond acceptors (Lipinski definition) is 0. The second kappa shape index (κ2) is 12.5. The second-order valence-corrected chi connectivity index (χ2v) is 13.7. The molecule has 0 aliphatic heterocycles. The van der Waals surface area contributed by atoms with E-state index in [1.165, 1.54) is 98.7 Å². The number of benzene rings is 10. The minimum atomic E-state index is 1.21. The lowest BCUT2D eigenvalue weighted by Crippen LogP contribution is -1.91. The third-order valence-electron chi connectivity index (χ3n) is 10.6. The van der Waals surface area contributed by atoms with Crippen LogP contribution >= 0.6 is 0 Å². The van der Waals surface area contributed by atoms with Crippen molar-refractivity contribution < 1.29 is 0 Å². The number of fused-ring (bicyclic) bond motifs is 6. The summed E-state index contributed by atoms with van der Waals surface area (Å²) in [5, 5.41) is 10.1. The first-order valence-corrected chi connectivity index (χ1v) is 18.0. The summed E-state index contributed by atoms with van der Waals surface area (Å²) in [4.78, 5) is 0. The molecular formula is C52H34. The van der Waals surface area contributed by atoms with Crippen LogP contribution in [-0.2, 0) is 0 Å². The highest BCUT2D eigenvalue weighted by molar-refractivity contribution is 6.24. The van der Waals surface area contributed by atoms with E-state index in [-0.39, 0.29) is 0 Å². The zero-order valence-electron chi connectivity index (χ0n) is 28.6. The summed E-state index contributed by atoms with van der Waals surface area (Å²) in [5.74, 6) is 0.